The zero-order valence-electron chi connectivity index (χ0n) is 8.98. The fraction of sp³-hybridized carbons (Fsp3) is 0.0769. The summed E-state index contributed by atoms with van der Waals surface area (Å²) in [6, 6.07) is 0. The Balaban J connectivity index is 5.17. The van der Waals surface area contributed by atoms with Gasteiger partial charge in [-0.05, 0) is 25.2 Å². The van der Waals surface area contributed by atoms with Gasteiger partial charge in [0.05, 0.1) is 10.8 Å². The van der Waals surface area contributed by atoms with Gasteiger partial charge in [0.1, 0.15) is 0 Å². The van der Waals surface area contributed by atoms with Crippen LogP contribution in [-0.4, -0.2) is 4.21 Å². The van der Waals surface area contributed by atoms with E-state index < -0.39 is 10.8 Å². The number of hydrogen-bond acceptors (Lipinski definition) is 1. The molecule has 1 atom stereocenters. The Morgan fingerprint density at radius 1 is 1.07 bits per heavy atom. The molecule has 0 fully saturated rings. The van der Waals surface area contributed by atoms with Gasteiger partial charge in [-0.3, -0.25) is 0 Å². The van der Waals surface area contributed by atoms with E-state index >= 15 is 0 Å². The Labute approximate surface area is 94.4 Å². The molecule has 0 amide bonds. The van der Waals surface area contributed by atoms with Crippen molar-refractivity contribution >= 4 is 10.8 Å². The van der Waals surface area contributed by atoms with Gasteiger partial charge >= 0.3 is 0 Å². The van der Waals surface area contributed by atoms with Crippen LogP contribution in [0, 0.1) is 0 Å². The van der Waals surface area contributed by atoms with E-state index in [1.807, 2.05) is 13.0 Å². The number of allylic oxidation sites excluding steroid dienone is 7. The molecule has 0 bridgehead atoms. The first-order valence-corrected chi connectivity index (χ1v) is 5.68. The van der Waals surface area contributed by atoms with Crippen molar-refractivity contribution in [3.63, 3.8) is 0 Å². The highest BCUT2D eigenvalue weighted by Gasteiger charge is 2.06. The van der Waals surface area contributed by atoms with Crippen LogP contribution in [0.2, 0.25) is 0 Å². The van der Waals surface area contributed by atoms with Crippen LogP contribution in [-0.2, 0) is 10.8 Å². The largest absolute Gasteiger partial charge is 0.249 e. The topological polar surface area (TPSA) is 17.1 Å². The molecule has 1 unspecified atom stereocenters. The lowest BCUT2D eigenvalue weighted by Gasteiger charge is -2.02. The lowest BCUT2D eigenvalue weighted by atomic mass is 10.4. The van der Waals surface area contributed by atoms with E-state index in [2.05, 4.69) is 19.7 Å². The highest BCUT2D eigenvalue weighted by molar-refractivity contribution is 7.93. The fourth-order valence-electron chi connectivity index (χ4n) is 0.917. The van der Waals surface area contributed by atoms with Crippen LogP contribution in [0.15, 0.2) is 72.1 Å². The van der Waals surface area contributed by atoms with Gasteiger partial charge in [-0.1, -0.05) is 44.0 Å². The van der Waals surface area contributed by atoms with Gasteiger partial charge in [0.2, 0.25) is 0 Å². The van der Waals surface area contributed by atoms with Crippen LogP contribution in [0.4, 0.5) is 0 Å². The average molecular weight is 220 g/mol. The first-order valence-electron chi connectivity index (χ1n) is 4.53. The summed E-state index contributed by atoms with van der Waals surface area (Å²) in [4.78, 5) is 1.33. The zero-order chi connectivity index (χ0) is 11.7. The Bertz CT molecular complexity index is 357. The molecule has 2 heteroatoms. The first kappa shape index (κ1) is 13.6. The summed E-state index contributed by atoms with van der Waals surface area (Å²) in [5.74, 6) is 0. The molecule has 0 radical (unpaired) electrons. The quantitative estimate of drug-likeness (QED) is 0.625. The molecule has 1 nitrogen and oxygen atoms in total. The average Bonchev–Trinajstić information content (AvgIpc) is 2.24. The van der Waals surface area contributed by atoms with Crippen LogP contribution < -0.4 is 0 Å². The highest BCUT2D eigenvalue weighted by Crippen LogP contribution is 2.14. The van der Waals surface area contributed by atoms with Crippen LogP contribution >= 0.6 is 0 Å². The van der Waals surface area contributed by atoms with Crippen molar-refractivity contribution in [3.8, 4) is 0 Å². The molecule has 0 aromatic rings. The Kier molecular flexibility index (Phi) is 7.20. The predicted molar refractivity (Wildman–Crippen MR) is 69.7 cm³/mol. The van der Waals surface area contributed by atoms with Gasteiger partial charge in [-0.15, -0.1) is 0 Å². The Morgan fingerprint density at radius 3 is 2.00 bits per heavy atom. The molecule has 0 saturated heterocycles. The molecule has 0 aliphatic rings. The van der Waals surface area contributed by atoms with Crippen LogP contribution in [0.3, 0.4) is 0 Å². The SMILES string of the molecule is C=C/C=C(\C=C)S(=O)C(/C=C\C)=C/C=C. The zero-order valence-corrected chi connectivity index (χ0v) is 9.80. The first-order chi connectivity index (χ1) is 7.21. The van der Waals surface area contributed by atoms with Gasteiger partial charge in [0, 0.05) is 9.81 Å². The maximum absolute atomic E-state index is 12.0. The Morgan fingerprint density at radius 2 is 1.60 bits per heavy atom. The van der Waals surface area contributed by atoms with E-state index in [-0.39, 0.29) is 0 Å². The molecule has 15 heavy (non-hydrogen) atoms. The van der Waals surface area contributed by atoms with Crippen molar-refractivity contribution in [2.75, 3.05) is 0 Å². The summed E-state index contributed by atoms with van der Waals surface area (Å²) in [7, 11) is -1.22. The smallest absolute Gasteiger partial charge is 0.0849 e. The molecule has 0 rings (SSSR count). The maximum Gasteiger partial charge on any atom is 0.0849 e. The van der Waals surface area contributed by atoms with E-state index in [0.717, 1.165) is 0 Å². The summed E-state index contributed by atoms with van der Waals surface area (Å²) in [6.07, 6.45) is 11.8. The van der Waals surface area contributed by atoms with Gasteiger partial charge in [0.15, 0.2) is 0 Å². The summed E-state index contributed by atoms with van der Waals surface area (Å²) in [5, 5.41) is 0. The van der Waals surface area contributed by atoms with Crippen molar-refractivity contribution in [1.29, 1.82) is 0 Å². The third-order valence-corrected chi connectivity index (χ3v) is 2.96. The van der Waals surface area contributed by atoms with Crippen molar-refractivity contribution in [1.82, 2.24) is 0 Å². The molecule has 0 aromatic heterocycles. The molecule has 0 aromatic carbocycles. The lowest BCUT2D eigenvalue weighted by Crippen LogP contribution is -1.94. The van der Waals surface area contributed by atoms with Crippen molar-refractivity contribution in [2.24, 2.45) is 0 Å². The Hall–Kier alpha value is -1.41. The predicted octanol–water partition coefficient (Wildman–Crippen LogP) is 3.64. The minimum atomic E-state index is -1.22. The molecule has 80 valence electrons. The monoisotopic (exact) mass is 220 g/mol. The summed E-state index contributed by atoms with van der Waals surface area (Å²) in [5.41, 5.74) is 0. The van der Waals surface area contributed by atoms with Gasteiger partial charge in [0.25, 0.3) is 0 Å². The highest BCUT2D eigenvalue weighted by atomic mass is 32.2. The molecular weight excluding hydrogens is 204 g/mol. The van der Waals surface area contributed by atoms with E-state index in [9.17, 15) is 4.21 Å². The minimum absolute atomic E-state index is 0.635. The van der Waals surface area contributed by atoms with Gasteiger partial charge in [-0.2, -0.15) is 0 Å². The minimum Gasteiger partial charge on any atom is -0.249 e. The van der Waals surface area contributed by atoms with E-state index in [1.165, 1.54) is 0 Å². The number of rotatable bonds is 6. The van der Waals surface area contributed by atoms with Crippen LogP contribution in [0.25, 0.3) is 0 Å². The molecule has 0 heterocycles. The molecule has 0 aliphatic heterocycles. The van der Waals surface area contributed by atoms with Crippen molar-refractivity contribution < 1.29 is 4.21 Å². The molecule has 0 spiro atoms. The third kappa shape index (κ3) is 4.56. The second-order valence-corrected chi connectivity index (χ2v) is 4.06. The maximum atomic E-state index is 12.0. The standard InChI is InChI=1S/C13H16OS/c1-5-9-12(8-4)15(14)13(10-6-2)11-7-3/h5-11H,1-2,4H2,3H3/b11-7-,12-9+,13-10+. The second kappa shape index (κ2) is 7.94. The van der Waals surface area contributed by atoms with Gasteiger partial charge in [-0.25, -0.2) is 4.21 Å². The summed E-state index contributed by atoms with van der Waals surface area (Å²) >= 11 is 0. The van der Waals surface area contributed by atoms with E-state index in [0.29, 0.717) is 9.81 Å². The van der Waals surface area contributed by atoms with E-state index in [1.54, 1.807) is 36.5 Å². The van der Waals surface area contributed by atoms with E-state index in [4.69, 9.17) is 0 Å². The molecule has 0 N–H and O–H groups in total. The lowest BCUT2D eigenvalue weighted by molar-refractivity contribution is 0.691. The van der Waals surface area contributed by atoms with Gasteiger partial charge < -0.3 is 0 Å². The molecule has 0 aliphatic carbocycles. The van der Waals surface area contributed by atoms with Crippen molar-refractivity contribution in [2.45, 2.75) is 6.92 Å². The summed E-state index contributed by atoms with van der Waals surface area (Å²) in [6.45, 7) is 12.6. The second-order valence-electron chi connectivity index (χ2n) is 2.58. The van der Waals surface area contributed by atoms with Crippen molar-refractivity contribution in [3.05, 3.63) is 72.1 Å². The van der Waals surface area contributed by atoms with Crippen LogP contribution in [0.5, 0.6) is 0 Å². The van der Waals surface area contributed by atoms with Crippen LogP contribution in [0.1, 0.15) is 6.92 Å². The molecule has 0 saturated carbocycles. The summed E-state index contributed by atoms with van der Waals surface area (Å²) < 4.78 is 12.0. The fourth-order valence-corrected chi connectivity index (χ4v) is 2.04. The number of hydrogen-bond donors (Lipinski definition) is 0. The normalized spacial score (nSPS) is 15.0. The third-order valence-electron chi connectivity index (χ3n) is 1.52. The molecular formula is C13H16OS.